The number of nitro benzene ring substituents is 1. The number of aromatic nitrogens is 1. The number of methoxy groups -OCH3 is 1. The van der Waals surface area contributed by atoms with E-state index in [1.54, 1.807) is 25.3 Å². The lowest BCUT2D eigenvalue weighted by atomic mass is 10.2. The van der Waals surface area contributed by atoms with Crippen LogP contribution in [-0.2, 0) is 17.9 Å². The summed E-state index contributed by atoms with van der Waals surface area (Å²) < 4.78 is 7.01. The predicted molar refractivity (Wildman–Crippen MR) is 93.4 cm³/mol. The van der Waals surface area contributed by atoms with Crippen molar-refractivity contribution in [2.24, 2.45) is 0 Å². The Bertz CT molecular complexity index is 933. The van der Waals surface area contributed by atoms with Crippen LogP contribution in [0.3, 0.4) is 0 Å². The van der Waals surface area contributed by atoms with Gasteiger partial charge in [-0.25, -0.2) is 0 Å². The highest BCUT2D eigenvalue weighted by molar-refractivity contribution is 5.84. The summed E-state index contributed by atoms with van der Waals surface area (Å²) in [6.07, 6.45) is 1.83. The summed E-state index contributed by atoms with van der Waals surface area (Å²) >= 11 is 0. The fourth-order valence-electron chi connectivity index (χ4n) is 2.69. The van der Waals surface area contributed by atoms with Crippen molar-refractivity contribution in [2.75, 3.05) is 7.11 Å². The first-order chi connectivity index (χ1) is 12.1. The minimum atomic E-state index is -0.450. The first-order valence-corrected chi connectivity index (χ1v) is 7.70. The highest BCUT2D eigenvalue weighted by atomic mass is 16.6. The van der Waals surface area contributed by atoms with Gasteiger partial charge < -0.3 is 14.6 Å². The number of amides is 1. The molecule has 7 heteroatoms. The molecule has 1 N–H and O–H groups in total. The van der Waals surface area contributed by atoms with E-state index < -0.39 is 4.92 Å². The molecule has 2 aromatic carbocycles. The fourth-order valence-corrected chi connectivity index (χ4v) is 2.69. The number of hydrogen-bond acceptors (Lipinski definition) is 4. The molecule has 128 valence electrons. The van der Waals surface area contributed by atoms with Gasteiger partial charge in [0.05, 0.1) is 12.0 Å². The minimum Gasteiger partial charge on any atom is -0.497 e. The van der Waals surface area contributed by atoms with Crippen LogP contribution in [0.25, 0.3) is 10.9 Å². The maximum absolute atomic E-state index is 12.2. The van der Waals surface area contributed by atoms with Crippen LogP contribution in [0, 0.1) is 10.1 Å². The molecule has 0 aliphatic heterocycles. The van der Waals surface area contributed by atoms with Crippen molar-refractivity contribution in [3.63, 3.8) is 0 Å². The quantitative estimate of drug-likeness (QED) is 0.553. The fraction of sp³-hybridized carbons (Fsp3) is 0.167. The van der Waals surface area contributed by atoms with Crippen LogP contribution in [0.5, 0.6) is 5.75 Å². The lowest BCUT2D eigenvalue weighted by Crippen LogP contribution is -2.27. The van der Waals surface area contributed by atoms with Gasteiger partial charge in [-0.05, 0) is 24.3 Å². The molecular formula is C18H17N3O4. The van der Waals surface area contributed by atoms with Crippen LogP contribution in [0.15, 0.2) is 54.7 Å². The first-order valence-electron chi connectivity index (χ1n) is 7.70. The number of fused-ring (bicyclic) bond motifs is 1. The third-order valence-electron chi connectivity index (χ3n) is 3.96. The number of ether oxygens (including phenoxy) is 1. The van der Waals surface area contributed by atoms with E-state index in [1.165, 1.54) is 6.07 Å². The summed E-state index contributed by atoms with van der Waals surface area (Å²) in [4.78, 5) is 22.8. The van der Waals surface area contributed by atoms with Crippen LogP contribution in [-0.4, -0.2) is 22.5 Å². The zero-order chi connectivity index (χ0) is 17.8. The van der Waals surface area contributed by atoms with Crippen LogP contribution in [0.4, 0.5) is 5.69 Å². The number of para-hydroxylation sites is 1. The summed E-state index contributed by atoms with van der Waals surface area (Å²) in [6, 6.07) is 13.9. The Morgan fingerprint density at radius 2 is 2.04 bits per heavy atom. The monoisotopic (exact) mass is 339 g/mol. The topological polar surface area (TPSA) is 86.4 Å². The number of carbonyl (C=O) groups is 1. The second-order valence-electron chi connectivity index (χ2n) is 5.53. The first kappa shape index (κ1) is 16.5. The molecular weight excluding hydrogens is 322 g/mol. The van der Waals surface area contributed by atoms with Crippen molar-refractivity contribution in [2.45, 2.75) is 13.1 Å². The average Bonchev–Trinajstić information content (AvgIpc) is 3.02. The summed E-state index contributed by atoms with van der Waals surface area (Å²) in [5, 5.41) is 14.7. The number of hydrogen-bond donors (Lipinski definition) is 1. The highest BCUT2D eigenvalue weighted by Crippen LogP contribution is 2.22. The molecule has 0 saturated carbocycles. The molecule has 0 atom stereocenters. The van der Waals surface area contributed by atoms with E-state index in [0.717, 1.165) is 16.7 Å². The van der Waals surface area contributed by atoms with Gasteiger partial charge in [-0.3, -0.25) is 14.9 Å². The van der Waals surface area contributed by atoms with Gasteiger partial charge in [-0.2, -0.15) is 0 Å². The summed E-state index contributed by atoms with van der Waals surface area (Å²) in [5.74, 6) is 0.539. The molecule has 0 spiro atoms. The van der Waals surface area contributed by atoms with Gasteiger partial charge in [0, 0.05) is 35.3 Å². The molecule has 0 unspecified atom stereocenters. The summed E-state index contributed by atoms with van der Waals surface area (Å²) in [6.45, 7) is 0.249. The largest absolute Gasteiger partial charge is 0.497 e. The van der Waals surface area contributed by atoms with Crippen LogP contribution in [0.2, 0.25) is 0 Å². The Morgan fingerprint density at radius 3 is 2.80 bits per heavy atom. The van der Waals surface area contributed by atoms with Gasteiger partial charge in [-0.15, -0.1) is 0 Å². The van der Waals surface area contributed by atoms with E-state index in [4.69, 9.17) is 4.74 Å². The van der Waals surface area contributed by atoms with E-state index >= 15 is 0 Å². The normalized spacial score (nSPS) is 10.6. The molecule has 0 saturated heterocycles. The molecule has 3 aromatic rings. The van der Waals surface area contributed by atoms with E-state index in [-0.39, 0.29) is 24.7 Å². The number of rotatable bonds is 6. The minimum absolute atomic E-state index is 0.00121. The van der Waals surface area contributed by atoms with Crippen molar-refractivity contribution in [3.05, 3.63) is 70.4 Å². The average molecular weight is 339 g/mol. The molecule has 25 heavy (non-hydrogen) atoms. The second kappa shape index (κ2) is 7.04. The summed E-state index contributed by atoms with van der Waals surface area (Å²) in [5.41, 5.74) is 1.39. The molecule has 0 bridgehead atoms. The van der Waals surface area contributed by atoms with Gasteiger partial charge in [0.25, 0.3) is 5.69 Å². The predicted octanol–water partition coefficient (Wildman–Crippen LogP) is 2.87. The van der Waals surface area contributed by atoms with Crippen LogP contribution < -0.4 is 10.1 Å². The molecule has 1 aromatic heterocycles. The van der Waals surface area contributed by atoms with E-state index in [1.807, 2.05) is 35.0 Å². The number of nitrogens with zero attached hydrogens (tertiary/aromatic N) is 2. The molecule has 1 heterocycles. The van der Waals surface area contributed by atoms with Crippen molar-refractivity contribution in [3.8, 4) is 5.75 Å². The van der Waals surface area contributed by atoms with E-state index in [2.05, 4.69) is 5.32 Å². The number of nitro groups is 1. The zero-order valence-electron chi connectivity index (χ0n) is 13.6. The molecule has 0 fully saturated rings. The standard InChI is InChI=1S/C18H17N3O4/c1-25-15-6-7-16-13(10-15)8-9-20(16)12-18(22)19-11-14-4-2-3-5-17(14)21(23)24/h2-10H,11-12H2,1H3,(H,19,22). The number of benzene rings is 2. The maximum Gasteiger partial charge on any atom is 0.274 e. The van der Waals surface area contributed by atoms with E-state index in [9.17, 15) is 14.9 Å². The summed E-state index contributed by atoms with van der Waals surface area (Å²) in [7, 11) is 1.61. The molecule has 7 nitrogen and oxygen atoms in total. The molecule has 1 amide bonds. The Kier molecular flexibility index (Phi) is 4.65. The maximum atomic E-state index is 12.2. The Balaban J connectivity index is 1.68. The van der Waals surface area contributed by atoms with Gasteiger partial charge in [-0.1, -0.05) is 18.2 Å². The molecule has 0 aliphatic carbocycles. The number of carbonyl (C=O) groups excluding carboxylic acids is 1. The smallest absolute Gasteiger partial charge is 0.274 e. The Hall–Kier alpha value is -3.35. The van der Waals surface area contributed by atoms with Crippen molar-refractivity contribution in [1.29, 1.82) is 0 Å². The van der Waals surface area contributed by atoms with Gasteiger partial charge >= 0.3 is 0 Å². The Labute approximate surface area is 144 Å². The molecule has 0 radical (unpaired) electrons. The third kappa shape index (κ3) is 3.60. The highest BCUT2D eigenvalue weighted by Gasteiger charge is 2.13. The van der Waals surface area contributed by atoms with Crippen molar-refractivity contribution >= 4 is 22.5 Å². The lowest BCUT2D eigenvalue weighted by Gasteiger charge is -2.08. The van der Waals surface area contributed by atoms with Crippen molar-refractivity contribution in [1.82, 2.24) is 9.88 Å². The SMILES string of the molecule is COc1ccc2c(ccn2CC(=O)NCc2ccccc2[N+](=O)[O-])c1. The van der Waals surface area contributed by atoms with Gasteiger partial charge in [0.2, 0.25) is 5.91 Å². The van der Waals surface area contributed by atoms with Crippen LogP contribution >= 0.6 is 0 Å². The second-order valence-corrected chi connectivity index (χ2v) is 5.53. The molecule has 3 rings (SSSR count). The Morgan fingerprint density at radius 1 is 1.24 bits per heavy atom. The van der Waals surface area contributed by atoms with Gasteiger partial charge in [0.1, 0.15) is 12.3 Å². The van der Waals surface area contributed by atoms with Crippen LogP contribution in [0.1, 0.15) is 5.56 Å². The zero-order valence-corrected chi connectivity index (χ0v) is 13.6. The molecule has 0 aliphatic rings. The van der Waals surface area contributed by atoms with Gasteiger partial charge in [0.15, 0.2) is 0 Å². The lowest BCUT2D eigenvalue weighted by molar-refractivity contribution is -0.385. The van der Waals surface area contributed by atoms with E-state index in [0.29, 0.717) is 5.56 Å². The van der Waals surface area contributed by atoms with Crippen molar-refractivity contribution < 1.29 is 14.5 Å². The third-order valence-corrected chi connectivity index (χ3v) is 3.96. The number of nitrogens with one attached hydrogen (secondary N) is 1.